The molecule has 1 atom stereocenters. The predicted molar refractivity (Wildman–Crippen MR) is 123 cm³/mol. The summed E-state index contributed by atoms with van der Waals surface area (Å²) in [5, 5.41) is 2.04. The molecule has 0 bridgehead atoms. The van der Waals surface area contributed by atoms with E-state index in [1.54, 1.807) is 18.6 Å². The molecule has 0 radical (unpaired) electrons. The molecule has 3 aromatic rings. The van der Waals surface area contributed by atoms with Gasteiger partial charge in [0.1, 0.15) is 5.82 Å². The lowest BCUT2D eigenvalue weighted by molar-refractivity contribution is -0.137. The molecule has 2 fully saturated rings. The first-order valence-corrected chi connectivity index (χ1v) is 11.3. The van der Waals surface area contributed by atoms with Crippen LogP contribution < -0.4 is 4.90 Å². The van der Waals surface area contributed by atoms with Crippen molar-refractivity contribution in [3.63, 3.8) is 0 Å². The highest BCUT2D eigenvalue weighted by Gasteiger charge is 2.32. The number of aromatic nitrogens is 2. The lowest BCUT2D eigenvalue weighted by Gasteiger charge is -2.39. The van der Waals surface area contributed by atoms with Crippen molar-refractivity contribution in [2.75, 3.05) is 44.2 Å². The van der Waals surface area contributed by atoms with Crippen LogP contribution in [-0.4, -0.2) is 70.9 Å². The van der Waals surface area contributed by atoms with E-state index in [1.165, 1.54) is 0 Å². The summed E-state index contributed by atoms with van der Waals surface area (Å²) < 4.78 is 0. The largest absolute Gasteiger partial charge is 0.355 e. The van der Waals surface area contributed by atoms with Gasteiger partial charge in [-0.3, -0.25) is 14.6 Å². The molecule has 2 aliphatic rings. The Morgan fingerprint density at radius 1 is 0.875 bits per heavy atom. The SMILES string of the molecule is O=C(c1cccc2ccccc12)N1CCN(C(=O)[C@@H]2CCCN(c3cnccn3)C2)CC1. The van der Waals surface area contributed by atoms with Crippen LogP contribution in [0.1, 0.15) is 23.2 Å². The maximum absolute atomic E-state index is 13.2. The zero-order valence-corrected chi connectivity index (χ0v) is 18.1. The van der Waals surface area contributed by atoms with E-state index >= 15 is 0 Å². The van der Waals surface area contributed by atoms with Crippen LogP contribution in [0, 0.1) is 5.92 Å². The van der Waals surface area contributed by atoms with E-state index in [-0.39, 0.29) is 17.7 Å². The number of piperazine rings is 1. The van der Waals surface area contributed by atoms with Gasteiger partial charge in [-0.25, -0.2) is 4.98 Å². The smallest absolute Gasteiger partial charge is 0.254 e. The Kier molecular flexibility index (Phi) is 5.71. The van der Waals surface area contributed by atoms with Gasteiger partial charge >= 0.3 is 0 Å². The number of benzene rings is 2. The summed E-state index contributed by atoms with van der Waals surface area (Å²) in [6, 6.07) is 13.8. The van der Waals surface area contributed by atoms with Gasteiger partial charge in [-0.15, -0.1) is 0 Å². The number of rotatable bonds is 3. The molecule has 0 spiro atoms. The molecule has 5 rings (SSSR count). The summed E-state index contributed by atoms with van der Waals surface area (Å²) in [5.74, 6) is 1.03. The highest BCUT2D eigenvalue weighted by Crippen LogP contribution is 2.24. The van der Waals surface area contributed by atoms with Crippen LogP contribution >= 0.6 is 0 Å². The number of amides is 2. The second-order valence-corrected chi connectivity index (χ2v) is 8.49. The molecule has 2 aliphatic heterocycles. The quantitative estimate of drug-likeness (QED) is 0.640. The maximum atomic E-state index is 13.2. The third kappa shape index (κ3) is 4.02. The van der Waals surface area contributed by atoms with Gasteiger partial charge in [0, 0.05) is 57.2 Å². The molecule has 0 unspecified atom stereocenters. The number of anilines is 1. The van der Waals surface area contributed by atoms with Crippen molar-refractivity contribution in [1.29, 1.82) is 0 Å². The van der Waals surface area contributed by atoms with Crippen LogP contribution in [0.3, 0.4) is 0 Å². The Hall–Kier alpha value is -3.48. The minimum Gasteiger partial charge on any atom is -0.355 e. The second kappa shape index (κ2) is 8.94. The third-order valence-electron chi connectivity index (χ3n) is 6.54. The topological polar surface area (TPSA) is 69.6 Å². The number of carbonyl (C=O) groups is 2. The minimum atomic E-state index is -0.0360. The van der Waals surface area contributed by atoms with Gasteiger partial charge in [0.05, 0.1) is 12.1 Å². The number of fused-ring (bicyclic) bond motifs is 1. The minimum absolute atomic E-state index is 0.0360. The van der Waals surface area contributed by atoms with Gasteiger partial charge in [-0.1, -0.05) is 36.4 Å². The van der Waals surface area contributed by atoms with E-state index in [1.807, 2.05) is 52.3 Å². The molecular weight excluding hydrogens is 402 g/mol. The predicted octanol–water partition coefficient (Wildman–Crippen LogP) is 2.83. The molecule has 1 aromatic heterocycles. The van der Waals surface area contributed by atoms with Crippen LogP contribution in [0.5, 0.6) is 0 Å². The Morgan fingerprint density at radius 2 is 1.66 bits per heavy atom. The van der Waals surface area contributed by atoms with Crippen LogP contribution in [0.4, 0.5) is 5.82 Å². The first-order chi connectivity index (χ1) is 15.7. The van der Waals surface area contributed by atoms with Crippen molar-refractivity contribution in [2.45, 2.75) is 12.8 Å². The van der Waals surface area contributed by atoms with Crippen molar-refractivity contribution in [2.24, 2.45) is 5.92 Å². The summed E-state index contributed by atoms with van der Waals surface area (Å²) in [5.41, 5.74) is 0.731. The molecular formula is C25H27N5O2. The summed E-state index contributed by atoms with van der Waals surface area (Å²) >= 11 is 0. The number of carbonyl (C=O) groups excluding carboxylic acids is 2. The zero-order chi connectivity index (χ0) is 21.9. The first kappa shape index (κ1) is 20.4. The van der Waals surface area contributed by atoms with Gasteiger partial charge < -0.3 is 14.7 Å². The standard InChI is InChI=1S/C25H27N5O2/c31-24(20-7-4-12-30(18-20)23-17-26-10-11-27-23)28-13-15-29(16-14-28)25(32)22-9-3-6-19-5-1-2-8-21(19)22/h1-3,5-6,8-11,17,20H,4,7,12-16,18H2/t20-/m1/s1. The Balaban J connectivity index is 1.21. The summed E-state index contributed by atoms with van der Waals surface area (Å²) in [7, 11) is 0. The van der Waals surface area contributed by atoms with Crippen molar-refractivity contribution in [3.05, 3.63) is 66.6 Å². The lowest BCUT2D eigenvalue weighted by atomic mass is 9.96. The molecule has 2 aromatic carbocycles. The Morgan fingerprint density at radius 3 is 2.47 bits per heavy atom. The molecule has 2 amide bonds. The van der Waals surface area contributed by atoms with Crippen LogP contribution in [0.25, 0.3) is 10.8 Å². The summed E-state index contributed by atoms with van der Waals surface area (Å²) in [6.45, 7) is 3.86. The van der Waals surface area contributed by atoms with Gasteiger partial charge in [-0.05, 0) is 29.7 Å². The Labute approximate surface area is 187 Å². The Bertz CT molecular complexity index is 1110. The molecule has 32 heavy (non-hydrogen) atoms. The fraction of sp³-hybridized carbons (Fsp3) is 0.360. The summed E-state index contributed by atoms with van der Waals surface area (Å²) in [4.78, 5) is 40.9. The van der Waals surface area contributed by atoms with Gasteiger partial charge in [0.15, 0.2) is 0 Å². The molecule has 0 N–H and O–H groups in total. The number of hydrogen-bond donors (Lipinski definition) is 0. The van der Waals surface area contributed by atoms with Crippen LogP contribution in [-0.2, 0) is 4.79 Å². The fourth-order valence-corrected chi connectivity index (χ4v) is 4.81. The van der Waals surface area contributed by atoms with Gasteiger partial charge in [-0.2, -0.15) is 0 Å². The number of nitrogens with zero attached hydrogens (tertiary/aromatic N) is 5. The first-order valence-electron chi connectivity index (χ1n) is 11.3. The maximum Gasteiger partial charge on any atom is 0.254 e. The molecule has 7 nitrogen and oxygen atoms in total. The van der Waals surface area contributed by atoms with Crippen LogP contribution in [0.2, 0.25) is 0 Å². The lowest BCUT2D eigenvalue weighted by Crippen LogP contribution is -2.53. The van der Waals surface area contributed by atoms with Crippen molar-refractivity contribution < 1.29 is 9.59 Å². The van der Waals surface area contributed by atoms with E-state index in [2.05, 4.69) is 14.9 Å². The van der Waals surface area contributed by atoms with E-state index in [0.29, 0.717) is 32.7 Å². The van der Waals surface area contributed by atoms with Crippen LogP contribution in [0.15, 0.2) is 61.1 Å². The average molecular weight is 430 g/mol. The highest BCUT2D eigenvalue weighted by molar-refractivity contribution is 6.07. The van der Waals surface area contributed by atoms with E-state index in [4.69, 9.17) is 0 Å². The van der Waals surface area contributed by atoms with Crippen molar-refractivity contribution in [1.82, 2.24) is 19.8 Å². The van der Waals surface area contributed by atoms with E-state index in [0.717, 1.165) is 41.5 Å². The summed E-state index contributed by atoms with van der Waals surface area (Å²) in [6.07, 6.45) is 6.96. The molecule has 3 heterocycles. The van der Waals surface area contributed by atoms with Crippen molar-refractivity contribution in [3.8, 4) is 0 Å². The third-order valence-corrected chi connectivity index (χ3v) is 6.54. The van der Waals surface area contributed by atoms with Gasteiger partial charge in [0.25, 0.3) is 5.91 Å². The molecule has 0 aliphatic carbocycles. The van der Waals surface area contributed by atoms with Gasteiger partial charge in [0.2, 0.25) is 5.91 Å². The second-order valence-electron chi connectivity index (χ2n) is 8.49. The molecule has 2 saturated heterocycles. The average Bonchev–Trinajstić information content (AvgIpc) is 2.88. The highest BCUT2D eigenvalue weighted by atomic mass is 16.2. The fourth-order valence-electron chi connectivity index (χ4n) is 4.81. The normalized spacial score (nSPS) is 19.2. The van der Waals surface area contributed by atoms with E-state index in [9.17, 15) is 9.59 Å². The zero-order valence-electron chi connectivity index (χ0n) is 18.1. The number of piperidine rings is 1. The van der Waals surface area contributed by atoms with Crippen molar-refractivity contribution >= 4 is 28.4 Å². The monoisotopic (exact) mass is 429 g/mol. The molecule has 0 saturated carbocycles. The molecule has 7 heteroatoms. The van der Waals surface area contributed by atoms with E-state index < -0.39 is 0 Å². The number of hydrogen-bond acceptors (Lipinski definition) is 5. The molecule has 164 valence electrons.